The monoisotopic (exact) mass is 333 g/mol. The molecule has 1 rings (SSSR count). The molecule has 7 heteroatoms. The van der Waals surface area contributed by atoms with Crippen molar-refractivity contribution in [3.05, 3.63) is 42.1 Å². The maximum atomic E-state index is 13.2. The Bertz CT molecular complexity index is 543. The summed E-state index contributed by atoms with van der Waals surface area (Å²) in [5, 5.41) is 0. The van der Waals surface area contributed by atoms with Gasteiger partial charge in [-0.1, -0.05) is 25.2 Å². The minimum Gasteiger partial charge on any atom is -0.284 e. The summed E-state index contributed by atoms with van der Waals surface area (Å²) in [7, 11) is -1.60. The fraction of sp³-hybridized carbons (Fsp3) is 0.400. The fourth-order valence-corrected chi connectivity index (χ4v) is 3.24. The van der Waals surface area contributed by atoms with Gasteiger partial charge in [0.15, 0.2) is 0 Å². The molecule has 1 amide bonds. The number of anilines is 1. The third kappa shape index (κ3) is 5.29. The minimum absolute atomic E-state index is 0.0426. The SMILES string of the molecule is C=C[Si](C)(C)CCCN(C(=O)F)c1cccc(C(F)(F)F)c1. The van der Waals surface area contributed by atoms with Crippen LogP contribution >= 0.6 is 0 Å². The van der Waals surface area contributed by atoms with Gasteiger partial charge < -0.3 is 0 Å². The maximum Gasteiger partial charge on any atom is 0.416 e. The second-order valence-electron chi connectivity index (χ2n) is 5.75. The number of carbonyl (C=O) groups excluding carboxylic acids is 1. The molecule has 1 aromatic rings. The van der Waals surface area contributed by atoms with Gasteiger partial charge in [0.25, 0.3) is 0 Å². The van der Waals surface area contributed by atoms with Crippen molar-refractivity contribution >= 4 is 19.9 Å². The number of hydrogen-bond donors (Lipinski definition) is 0. The molecular formula is C15H19F4NOSi. The van der Waals surface area contributed by atoms with Crippen LogP contribution in [0.15, 0.2) is 36.5 Å². The molecule has 0 aliphatic carbocycles. The summed E-state index contributed by atoms with van der Waals surface area (Å²) >= 11 is 0. The van der Waals surface area contributed by atoms with Crippen LogP contribution in [0.1, 0.15) is 12.0 Å². The molecule has 0 heterocycles. The van der Waals surface area contributed by atoms with E-state index in [1.165, 1.54) is 6.07 Å². The van der Waals surface area contributed by atoms with E-state index < -0.39 is 26.0 Å². The van der Waals surface area contributed by atoms with Gasteiger partial charge >= 0.3 is 12.3 Å². The average molecular weight is 333 g/mol. The molecule has 0 spiro atoms. The van der Waals surface area contributed by atoms with Crippen LogP contribution in [0.2, 0.25) is 19.1 Å². The van der Waals surface area contributed by atoms with Crippen molar-refractivity contribution in [2.75, 3.05) is 11.4 Å². The molecule has 0 aliphatic rings. The van der Waals surface area contributed by atoms with Crippen LogP contribution in [-0.2, 0) is 6.18 Å². The molecule has 0 N–H and O–H groups in total. The lowest BCUT2D eigenvalue weighted by Crippen LogP contribution is -2.30. The van der Waals surface area contributed by atoms with Gasteiger partial charge in [0.1, 0.15) is 0 Å². The molecule has 0 unspecified atom stereocenters. The molecule has 0 saturated carbocycles. The van der Waals surface area contributed by atoms with E-state index in [-0.39, 0.29) is 12.2 Å². The number of hydrogen-bond acceptors (Lipinski definition) is 1. The van der Waals surface area contributed by atoms with Crippen molar-refractivity contribution in [2.24, 2.45) is 0 Å². The Morgan fingerprint density at radius 2 is 2.00 bits per heavy atom. The Morgan fingerprint density at radius 1 is 1.36 bits per heavy atom. The van der Waals surface area contributed by atoms with E-state index in [0.29, 0.717) is 6.42 Å². The average Bonchev–Trinajstić information content (AvgIpc) is 2.42. The van der Waals surface area contributed by atoms with Crippen molar-refractivity contribution in [2.45, 2.75) is 31.7 Å². The van der Waals surface area contributed by atoms with Crippen LogP contribution in [0, 0.1) is 0 Å². The predicted molar refractivity (Wildman–Crippen MR) is 82.4 cm³/mol. The number of rotatable bonds is 6. The Morgan fingerprint density at radius 3 is 2.50 bits per heavy atom. The number of amides is 1. The fourth-order valence-electron chi connectivity index (χ4n) is 1.96. The highest BCUT2D eigenvalue weighted by Gasteiger charge is 2.31. The highest BCUT2D eigenvalue weighted by Crippen LogP contribution is 2.32. The Labute approximate surface area is 128 Å². The summed E-state index contributed by atoms with van der Waals surface area (Å²) in [4.78, 5) is 11.8. The van der Waals surface area contributed by atoms with Crippen molar-refractivity contribution in [1.29, 1.82) is 0 Å². The van der Waals surface area contributed by atoms with Gasteiger partial charge in [-0.05, 0) is 24.6 Å². The van der Waals surface area contributed by atoms with E-state index >= 15 is 0 Å². The lowest BCUT2D eigenvalue weighted by Gasteiger charge is -2.22. The zero-order valence-corrected chi connectivity index (χ0v) is 13.6. The predicted octanol–water partition coefficient (Wildman–Crippen LogP) is 5.43. The summed E-state index contributed by atoms with van der Waals surface area (Å²) in [6.07, 6.45) is -5.77. The van der Waals surface area contributed by atoms with Gasteiger partial charge in [-0.2, -0.15) is 13.2 Å². The van der Waals surface area contributed by atoms with Crippen LogP contribution < -0.4 is 4.90 Å². The summed E-state index contributed by atoms with van der Waals surface area (Å²) in [6.45, 7) is 7.94. The van der Waals surface area contributed by atoms with Gasteiger partial charge in [0.2, 0.25) is 0 Å². The second-order valence-corrected chi connectivity index (χ2v) is 10.6. The zero-order valence-electron chi connectivity index (χ0n) is 12.6. The Kier molecular flexibility index (Phi) is 5.93. The topological polar surface area (TPSA) is 20.3 Å². The number of alkyl halides is 3. The molecule has 22 heavy (non-hydrogen) atoms. The van der Waals surface area contributed by atoms with E-state index in [2.05, 4.69) is 19.7 Å². The molecule has 1 aromatic carbocycles. The van der Waals surface area contributed by atoms with Crippen LogP contribution in [0.25, 0.3) is 0 Å². The number of halogens is 4. The molecule has 122 valence electrons. The normalized spacial score (nSPS) is 12.1. The van der Waals surface area contributed by atoms with Crippen LogP contribution in [0.4, 0.5) is 28.0 Å². The van der Waals surface area contributed by atoms with E-state index in [1.807, 2.05) is 5.70 Å². The molecule has 0 aliphatic heterocycles. The second kappa shape index (κ2) is 7.08. The summed E-state index contributed by atoms with van der Waals surface area (Å²) in [6, 6.07) is 4.91. The van der Waals surface area contributed by atoms with Crippen LogP contribution in [-0.4, -0.2) is 20.8 Å². The summed E-state index contributed by atoms with van der Waals surface area (Å²) < 4.78 is 51.2. The molecule has 0 bridgehead atoms. The van der Waals surface area contributed by atoms with E-state index in [9.17, 15) is 22.4 Å². The lowest BCUT2D eigenvalue weighted by atomic mass is 10.2. The van der Waals surface area contributed by atoms with Crippen molar-refractivity contribution in [1.82, 2.24) is 0 Å². The minimum atomic E-state index is -4.53. The molecule has 0 atom stereocenters. The summed E-state index contributed by atoms with van der Waals surface area (Å²) in [5.74, 6) is 0. The first kappa shape index (κ1) is 18.4. The quantitative estimate of drug-likeness (QED) is 0.294. The van der Waals surface area contributed by atoms with Crippen LogP contribution in [0.3, 0.4) is 0 Å². The van der Waals surface area contributed by atoms with Gasteiger partial charge in [0, 0.05) is 12.2 Å². The van der Waals surface area contributed by atoms with Crippen LogP contribution in [0.5, 0.6) is 0 Å². The van der Waals surface area contributed by atoms with E-state index in [1.54, 1.807) is 0 Å². The first-order chi connectivity index (χ1) is 10.1. The molecule has 0 radical (unpaired) electrons. The van der Waals surface area contributed by atoms with Gasteiger partial charge in [0.05, 0.1) is 13.6 Å². The lowest BCUT2D eigenvalue weighted by molar-refractivity contribution is -0.137. The maximum absolute atomic E-state index is 13.2. The molecule has 0 aromatic heterocycles. The highest BCUT2D eigenvalue weighted by molar-refractivity contribution is 6.82. The largest absolute Gasteiger partial charge is 0.416 e. The van der Waals surface area contributed by atoms with Gasteiger partial charge in [-0.15, -0.1) is 16.7 Å². The standard InChI is InChI=1S/C15H19F4NOSi/c1-4-22(2,3)10-6-9-20(14(16)21)13-8-5-7-12(11-13)15(17,18)19/h4-5,7-8,11H,1,6,9-10H2,2-3H3. The molecule has 0 saturated heterocycles. The van der Waals surface area contributed by atoms with Crippen molar-refractivity contribution in [3.8, 4) is 0 Å². The van der Waals surface area contributed by atoms with E-state index in [0.717, 1.165) is 29.1 Å². The third-order valence-electron chi connectivity index (χ3n) is 3.45. The Balaban J connectivity index is 2.88. The van der Waals surface area contributed by atoms with Gasteiger partial charge in [-0.3, -0.25) is 4.90 Å². The zero-order chi connectivity index (χ0) is 17.0. The molecular weight excluding hydrogens is 314 g/mol. The highest BCUT2D eigenvalue weighted by atomic mass is 28.3. The first-order valence-electron chi connectivity index (χ1n) is 6.85. The Hall–Kier alpha value is -1.63. The van der Waals surface area contributed by atoms with Gasteiger partial charge in [-0.25, -0.2) is 4.79 Å². The van der Waals surface area contributed by atoms with E-state index in [4.69, 9.17) is 0 Å². The number of carbonyl (C=O) groups is 1. The number of nitrogens with zero attached hydrogens (tertiary/aromatic N) is 1. The third-order valence-corrected chi connectivity index (χ3v) is 6.20. The number of benzene rings is 1. The van der Waals surface area contributed by atoms with Crippen molar-refractivity contribution < 1.29 is 22.4 Å². The molecule has 2 nitrogen and oxygen atoms in total. The first-order valence-corrected chi connectivity index (χ1v) is 10.1. The van der Waals surface area contributed by atoms with Crippen molar-refractivity contribution in [3.63, 3.8) is 0 Å². The smallest absolute Gasteiger partial charge is 0.284 e. The molecule has 0 fully saturated rings. The summed E-state index contributed by atoms with van der Waals surface area (Å²) in [5.41, 5.74) is 0.899.